The molecule has 0 saturated heterocycles. The molecule has 0 fully saturated rings. The minimum Gasteiger partial charge on any atom is -0.225 e. The Labute approximate surface area is 96.8 Å². The molecule has 0 aliphatic rings. The summed E-state index contributed by atoms with van der Waals surface area (Å²) in [7, 11) is -3.86. The van der Waals surface area contributed by atoms with Crippen molar-refractivity contribution in [3.8, 4) is 0 Å². The zero-order valence-electron chi connectivity index (χ0n) is 6.09. The van der Waals surface area contributed by atoms with Crippen molar-refractivity contribution in [2.24, 2.45) is 5.14 Å². The number of primary sulfonamides is 1. The molecule has 0 bridgehead atoms. The van der Waals surface area contributed by atoms with Gasteiger partial charge in [0.05, 0.1) is 4.90 Å². The van der Waals surface area contributed by atoms with Gasteiger partial charge >= 0.3 is 0 Å². The van der Waals surface area contributed by atoms with E-state index in [9.17, 15) is 12.8 Å². The Bertz CT molecular complexity index is 448. The molecule has 1 aromatic rings. The lowest BCUT2D eigenvalue weighted by Gasteiger charge is -2.03. The predicted molar refractivity (Wildman–Crippen MR) is 58.2 cm³/mol. The highest BCUT2D eigenvalue weighted by atomic mass is 127. The Kier molecular flexibility index (Phi) is 3.31. The van der Waals surface area contributed by atoms with Crippen molar-refractivity contribution in [1.82, 2.24) is 0 Å². The summed E-state index contributed by atoms with van der Waals surface area (Å²) in [5.74, 6) is -0.642. The van der Waals surface area contributed by atoms with Crippen LogP contribution in [-0.2, 0) is 10.0 Å². The van der Waals surface area contributed by atoms with Crippen LogP contribution in [0.5, 0.6) is 0 Å². The van der Waals surface area contributed by atoms with Crippen molar-refractivity contribution < 1.29 is 12.8 Å². The largest absolute Gasteiger partial charge is 0.239 e. The quantitative estimate of drug-likeness (QED) is 0.597. The molecular weight excluding hydrogens is 376 g/mol. The van der Waals surface area contributed by atoms with Crippen LogP contribution in [0.15, 0.2) is 21.5 Å². The van der Waals surface area contributed by atoms with E-state index in [-0.39, 0.29) is 4.90 Å². The average molecular weight is 380 g/mol. The molecule has 1 aromatic carbocycles. The summed E-state index contributed by atoms with van der Waals surface area (Å²) >= 11 is 4.80. The first-order valence-electron chi connectivity index (χ1n) is 2.99. The normalized spacial score (nSPS) is 11.7. The smallest absolute Gasteiger partial charge is 0.225 e. The van der Waals surface area contributed by atoms with Crippen LogP contribution >= 0.6 is 38.5 Å². The molecule has 0 saturated carbocycles. The third kappa shape index (κ3) is 2.61. The summed E-state index contributed by atoms with van der Waals surface area (Å²) in [5.41, 5.74) is 0. The first-order chi connectivity index (χ1) is 5.82. The maximum Gasteiger partial charge on any atom is 0.239 e. The molecular formula is C6H4BrFINO2S. The molecule has 13 heavy (non-hydrogen) atoms. The predicted octanol–water partition coefficient (Wildman–Crippen LogP) is 1.84. The number of hydrogen-bond donors (Lipinski definition) is 1. The van der Waals surface area contributed by atoms with Crippen molar-refractivity contribution in [2.45, 2.75) is 4.90 Å². The van der Waals surface area contributed by atoms with E-state index in [0.29, 0.717) is 8.04 Å². The van der Waals surface area contributed by atoms with Crippen LogP contribution in [0.2, 0.25) is 0 Å². The fourth-order valence-corrected chi connectivity index (χ4v) is 3.17. The molecule has 0 aromatic heterocycles. The second kappa shape index (κ2) is 3.79. The van der Waals surface area contributed by atoms with Gasteiger partial charge < -0.3 is 0 Å². The maximum absolute atomic E-state index is 12.8. The molecule has 2 N–H and O–H groups in total. The Hall–Kier alpha value is 0.270. The number of benzene rings is 1. The molecule has 0 heterocycles. The molecule has 72 valence electrons. The van der Waals surface area contributed by atoms with E-state index >= 15 is 0 Å². The number of rotatable bonds is 1. The monoisotopic (exact) mass is 379 g/mol. The van der Waals surface area contributed by atoms with Gasteiger partial charge in [-0.3, -0.25) is 0 Å². The maximum atomic E-state index is 12.8. The minimum absolute atomic E-state index is 0.208. The van der Waals surface area contributed by atoms with Crippen LogP contribution < -0.4 is 5.14 Å². The lowest BCUT2D eigenvalue weighted by molar-refractivity contribution is 0.591. The van der Waals surface area contributed by atoms with Crippen molar-refractivity contribution in [3.63, 3.8) is 0 Å². The van der Waals surface area contributed by atoms with Crippen LogP contribution in [-0.4, -0.2) is 8.42 Å². The molecule has 0 unspecified atom stereocenters. The average Bonchev–Trinajstić information content (AvgIpc) is 1.94. The Morgan fingerprint density at radius 3 is 2.46 bits per heavy atom. The van der Waals surface area contributed by atoms with E-state index in [0.717, 1.165) is 6.07 Å². The van der Waals surface area contributed by atoms with Crippen molar-refractivity contribution in [1.29, 1.82) is 0 Å². The number of halogens is 3. The molecule has 0 amide bonds. The Morgan fingerprint density at radius 1 is 1.46 bits per heavy atom. The highest BCUT2D eigenvalue weighted by molar-refractivity contribution is 14.1. The molecule has 3 nitrogen and oxygen atoms in total. The van der Waals surface area contributed by atoms with Gasteiger partial charge in [0.25, 0.3) is 0 Å². The fourth-order valence-electron chi connectivity index (χ4n) is 0.739. The number of nitrogens with two attached hydrogens (primary N) is 1. The third-order valence-electron chi connectivity index (χ3n) is 1.27. The van der Waals surface area contributed by atoms with E-state index in [2.05, 4.69) is 15.9 Å². The Morgan fingerprint density at radius 2 is 2.00 bits per heavy atom. The fraction of sp³-hybridized carbons (Fsp3) is 0. The van der Waals surface area contributed by atoms with E-state index in [4.69, 9.17) is 5.14 Å². The SMILES string of the molecule is NS(=O)(=O)c1cc(F)cc(Br)c1I. The van der Waals surface area contributed by atoms with Gasteiger partial charge in [-0.15, -0.1) is 0 Å². The lowest BCUT2D eigenvalue weighted by atomic mass is 10.3. The van der Waals surface area contributed by atoms with Crippen molar-refractivity contribution >= 4 is 48.5 Å². The second-order valence-corrected chi connectivity index (χ2v) is 5.71. The van der Waals surface area contributed by atoms with Gasteiger partial charge in [0, 0.05) is 8.04 Å². The van der Waals surface area contributed by atoms with Crippen LogP contribution in [0.1, 0.15) is 0 Å². The standard InChI is InChI=1S/C6H4BrFINO2S/c7-4-1-3(8)2-5(6(4)9)13(10,11)12/h1-2H,(H2,10,11,12). The number of sulfonamides is 1. The highest BCUT2D eigenvalue weighted by Crippen LogP contribution is 2.26. The van der Waals surface area contributed by atoms with Gasteiger partial charge in [-0.05, 0) is 50.7 Å². The highest BCUT2D eigenvalue weighted by Gasteiger charge is 2.16. The topological polar surface area (TPSA) is 60.2 Å². The molecule has 1 rings (SSSR count). The molecule has 0 spiro atoms. The van der Waals surface area contributed by atoms with E-state index in [1.807, 2.05) is 0 Å². The summed E-state index contributed by atoms with van der Waals surface area (Å²) in [6, 6.07) is 2.07. The van der Waals surface area contributed by atoms with Crippen LogP contribution in [0.3, 0.4) is 0 Å². The Balaban J connectivity index is 3.56. The molecule has 0 aliphatic carbocycles. The first kappa shape index (κ1) is 11.3. The lowest BCUT2D eigenvalue weighted by Crippen LogP contribution is -2.14. The van der Waals surface area contributed by atoms with Gasteiger partial charge in [-0.2, -0.15) is 0 Å². The van der Waals surface area contributed by atoms with Crippen molar-refractivity contribution in [3.05, 3.63) is 26.0 Å². The van der Waals surface area contributed by atoms with E-state index < -0.39 is 15.8 Å². The summed E-state index contributed by atoms with van der Waals surface area (Å²) in [6.45, 7) is 0. The van der Waals surface area contributed by atoms with Crippen LogP contribution in [0.4, 0.5) is 4.39 Å². The molecule has 0 aliphatic heterocycles. The van der Waals surface area contributed by atoms with Gasteiger partial charge in [-0.25, -0.2) is 17.9 Å². The zero-order chi connectivity index (χ0) is 10.2. The molecule has 7 heteroatoms. The van der Waals surface area contributed by atoms with Crippen LogP contribution in [0.25, 0.3) is 0 Å². The summed E-state index contributed by atoms with van der Waals surface area (Å²) < 4.78 is 35.4. The summed E-state index contributed by atoms with van der Waals surface area (Å²) in [6.07, 6.45) is 0. The van der Waals surface area contributed by atoms with Gasteiger partial charge in [0.2, 0.25) is 10.0 Å². The third-order valence-corrected chi connectivity index (χ3v) is 5.10. The minimum atomic E-state index is -3.86. The van der Waals surface area contributed by atoms with Gasteiger partial charge in [0.1, 0.15) is 5.82 Å². The molecule has 0 atom stereocenters. The van der Waals surface area contributed by atoms with Crippen LogP contribution in [0, 0.1) is 9.39 Å². The van der Waals surface area contributed by atoms with Gasteiger partial charge in [-0.1, -0.05) is 0 Å². The second-order valence-electron chi connectivity index (χ2n) is 2.24. The summed E-state index contributed by atoms with van der Waals surface area (Å²) in [4.78, 5) is -0.208. The van der Waals surface area contributed by atoms with E-state index in [1.54, 1.807) is 22.6 Å². The zero-order valence-corrected chi connectivity index (χ0v) is 10.7. The number of hydrogen-bond acceptors (Lipinski definition) is 2. The van der Waals surface area contributed by atoms with Gasteiger partial charge in [0.15, 0.2) is 0 Å². The summed E-state index contributed by atoms with van der Waals surface area (Å²) in [5, 5.41) is 4.88. The van der Waals surface area contributed by atoms with Crippen molar-refractivity contribution in [2.75, 3.05) is 0 Å². The first-order valence-corrected chi connectivity index (χ1v) is 6.41. The molecule has 0 radical (unpaired) electrons. The van der Waals surface area contributed by atoms with E-state index in [1.165, 1.54) is 6.07 Å².